The van der Waals surface area contributed by atoms with Gasteiger partial charge in [0.2, 0.25) is 0 Å². The van der Waals surface area contributed by atoms with Crippen molar-refractivity contribution in [2.45, 2.75) is 57.1 Å². The average Bonchev–Trinajstić information content (AvgIpc) is 2.59. The molecule has 2 fully saturated rings. The van der Waals surface area contributed by atoms with Crippen LogP contribution < -0.4 is 0 Å². The first-order valence-corrected chi connectivity index (χ1v) is 7.41. The van der Waals surface area contributed by atoms with Gasteiger partial charge in [0, 0.05) is 19.6 Å². The van der Waals surface area contributed by atoms with Gasteiger partial charge < -0.3 is 20.0 Å². The van der Waals surface area contributed by atoms with Gasteiger partial charge in [-0.3, -0.25) is 0 Å². The van der Waals surface area contributed by atoms with E-state index in [1.165, 1.54) is 4.90 Å². The number of nitrogens with zero attached hydrogens (tertiary/aromatic N) is 2. The molecule has 2 aliphatic rings. The van der Waals surface area contributed by atoms with Crippen LogP contribution in [0.25, 0.3) is 0 Å². The normalized spacial score (nSPS) is 31.8. The number of carboxylic acids is 1. The van der Waals surface area contributed by atoms with Crippen LogP contribution in [0.4, 0.5) is 4.79 Å². The van der Waals surface area contributed by atoms with Gasteiger partial charge in [-0.25, -0.2) is 9.59 Å². The zero-order valence-electron chi connectivity index (χ0n) is 12.0. The highest BCUT2D eigenvalue weighted by Gasteiger charge is 2.35. The van der Waals surface area contributed by atoms with Crippen LogP contribution in [0.1, 0.15) is 45.4 Å². The van der Waals surface area contributed by atoms with Crippen molar-refractivity contribution in [1.82, 2.24) is 9.80 Å². The number of likely N-dealkylation sites (tertiary alicyclic amines) is 2. The maximum atomic E-state index is 12.5. The third kappa shape index (κ3) is 3.42. The smallest absolute Gasteiger partial charge is 0.326 e. The third-order valence-corrected chi connectivity index (χ3v) is 4.37. The number of rotatable bonds is 1. The fraction of sp³-hybridized carbons (Fsp3) is 0.857. The van der Waals surface area contributed by atoms with E-state index in [1.807, 2.05) is 0 Å². The molecule has 0 bridgehead atoms. The fourth-order valence-electron chi connectivity index (χ4n) is 3.05. The van der Waals surface area contributed by atoms with E-state index in [0.717, 1.165) is 19.3 Å². The highest BCUT2D eigenvalue weighted by atomic mass is 16.4. The van der Waals surface area contributed by atoms with Crippen molar-refractivity contribution in [2.24, 2.45) is 0 Å². The van der Waals surface area contributed by atoms with E-state index in [4.69, 9.17) is 0 Å². The average molecular weight is 284 g/mol. The highest BCUT2D eigenvalue weighted by molar-refractivity contribution is 5.83. The topological polar surface area (TPSA) is 81.1 Å². The second-order valence-electron chi connectivity index (χ2n) is 6.16. The largest absolute Gasteiger partial charge is 0.480 e. The number of piperidine rings is 1. The molecule has 0 aromatic carbocycles. The van der Waals surface area contributed by atoms with E-state index in [-0.39, 0.29) is 6.03 Å². The predicted molar refractivity (Wildman–Crippen MR) is 73.4 cm³/mol. The number of urea groups is 1. The quantitative estimate of drug-likeness (QED) is 0.760. The maximum Gasteiger partial charge on any atom is 0.326 e. The van der Waals surface area contributed by atoms with E-state index < -0.39 is 17.6 Å². The molecule has 2 amide bonds. The fourth-order valence-corrected chi connectivity index (χ4v) is 3.05. The Hall–Kier alpha value is -1.30. The number of amides is 2. The molecule has 2 unspecified atom stereocenters. The van der Waals surface area contributed by atoms with Crippen molar-refractivity contribution >= 4 is 12.0 Å². The number of carbonyl (C=O) groups excluding carboxylic acids is 1. The molecule has 2 aliphatic heterocycles. The van der Waals surface area contributed by atoms with Gasteiger partial charge in [-0.2, -0.15) is 0 Å². The number of carboxylic acid groups (broad SMARTS) is 1. The summed E-state index contributed by atoms with van der Waals surface area (Å²) in [6.07, 6.45) is 4.23. The molecule has 0 saturated carbocycles. The van der Waals surface area contributed by atoms with Crippen molar-refractivity contribution in [3.05, 3.63) is 0 Å². The summed E-state index contributed by atoms with van der Waals surface area (Å²) in [7, 11) is 0. The Balaban J connectivity index is 2.03. The molecule has 2 heterocycles. The summed E-state index contributed by atoms with van der Waals surface area (Å²) < 4.78 is 0. The third-order valence-electron chi connectivity index (χ3n) is 4.37. The standard InChI is InChI=1S/C14H24N2O4/c1-14(20)6-4-8-15(10-7-14)13(19)16-9-3-2-5-11(16)12(17)18/h11,20H,2-10H2,1H3,(H,17,18). The summed E-state index contributed by atoms with van der Waals surface area (Å²) in [5.74, 6) is -0.917. The first-order chi connectivity index (χ1) is 9.41. The van der Waals surface area contributed by atoms with Gasteiger partial charge in [-0.1, -0.05) is 0 Å². The van der Waals surface area contributed by atoms with E-state index in [1.54, 1.807) is 11.8 Å². The zero-order chi connectivity index (χ0) is 14.8. The molecular formula is C14H24N2O4. The second kappa shape index (κ2) is 5.99. The lowest BCUT2D eigenvalue weighted by Gasteiger charge is -2.36. The van der Waals surface area contributed by atoms with Crippen molar-refractivity contribution < 1.29 is 19.8 Å². The van der Waals surface area contributed by atoms with Crippen LogP contribution in [0.2, 0.25) is 0 Å². The Bertz CT molecular complexity index is 383. The summed E-state index contributed by atoms with van der Waals surface area (Å²) in [6, 6.07) is -0.880. The van der Waals surface area contributed by atoms with Gasteiger partial charge in [0.1, 0.15) is 6.04 Å². The molecule has 0 aromatic rings. The van der Waals surface area contributed by atoms with E-state index in [9.17, 15) is 19.8 Å². The van der Waals surface area contributed by atoms with Crippen molar-refractivity contribution in [3.8, 4) is 0 Å². The van der Waals surface area contributed by atoms with Crippen LogP contribution >= 0.6 is 0 Å². The van der Waals surface area contributed by atoms with Gasteiger partial charge in [0.25, 0.3) is 0 Å². The Morgan fingerprint density at radius 3 is 2.55 bits per heavy atom. The molecule has 2 saturated heterocycles. The van der Waals surface area contributed by atoms with Gasteiger partial charge in [-0.05, 0) is 45.4 Å². The minimum atomic E-state index is -0.917. The van der Waals surface area contributed by atoms with Crippen LogP contribution in [0.3, 0.4) is 0 Å². The lowest BCUT2D eigenvalue weighted by Crippen LogP contribution is -2.53. The van der Waals surface area contributed by atoms with Crippen molar-refractivity contribution in [3.63, 3.8) is 0 Å². The molecule has 0 aliphatic carbocycles. The second-order valence-corrected chi connectivity index (χ2v) is 6.16. The number of aliphatic hydroxyl groups is 1. The van der Waals surface area contributed by atoms with Crippen LogP contribution in [0, 0.1) is 0 Å². The Morgan fingerprint density at radius 1 is 1.10 bits per heavy atom. The molecule has 0 aromatic heterocycles. The molecule has 2 N–H and O–H groups in total. The summed E-state index contributed by atoms with van der Waals surface area (Å²) in [5, 5.41) is 19.3. The van der Waals surface area contributed by atoms with Gasteiger partial charge in [0.05, 0.1) is 5.60 Å². The molecule has 2 atom stereocenters. The molecule has 2 rings (SSSR count). The lowest BCUT2D eigenvalue weighted by molar-refractivity contribution is -0.143. The van der Waals surface area contributed by atoms with Crippen LogP contribution in [-0.2, 0) is 4.79 Å². The van der Waals surface area contributed by atoms with E-state index in [0.29, 0.717) is 38.9 Å². The monoisotopic (exact) mass is 284 g/mol. The van der Waals surface area contributed by atoms with E-state index in [2.05, 4.69) is 0 Å². The Labute approximate surface area is 119 Å². The molecule has 0 spiro atoms. The first-order valence-electron chi connectivity index (χ1n) is 7.41. The number of carbonyl (C=O) groups is 2. The maximum absolute atomic E-state index is 12.5. The molecule has 6 heteroatoms. The number of hydrogen-bond donors (Lipinski definition) is 2. The molecular weight excluding hydrogens is 260 g/mol. The molecule has 6 nitrogen and oxygen atoms in total. The Kier molecular flexibility index (Phi) is 4.52. The minimum Gasteiger partial charge on any atom is -0.480 e. The van der Waals surface area contributed by atoms with E-state index >= 15 is 0 Å². The number of hydrogen-bond acceptors (Lipinski definition) is 3. The minimum absolute atomic E-state index is 0.185. The summed E-state index contributed by atoms with van der Waals surface area (Å²) in [6.45, 7) is 3.40. The summed E-state index contributed by atoms with van der Waals surface area (Å²) in [4.78, 5) is 27.0. The summed E-state index contributed by atoms with van der Waals surface area (Å²) >= 11 is 0. The van der Waals surface area contributed by atoms with Crippen LogP contribution in [0.5, 0.6) is 0 Å². The summed E-state index contributed by atoms with van der Waals surface area (Å²) in [5.41, 5.74) is -0.719. The number of aliphatic carboxylic acids is 1. The SMILES string of the molecule is CC1(O)CCCN(C(=O)N2CCCCC2C(=O)O)CC1. The van der Waals surface area contributed by atoms with Gasteiger partial charge in [-0.15, -0.1) is 0 Å². The Morgan fingerprint density at radius 2 is 1.85 bits per heavy atom. The highest BCUT2D eigenvalue weighted by Crippen LogP contribution is 2.24. The van der Waals surface area contributed by atoms with Crippen molar-refractivity contribution in [1.29, 1.82) is 0 Å². The predicted octanol–water partition coefficient (Wildman–Crippen LogP) is 1.28. The van der Waals surface area contributed by atoms with Gasteiger partial charge >= 0.3 is 12.0 Å². The van der Waals surface area contributed by atoms with Crippen LogP contribution in [0.15, 0.2) is 0 Å². The molecule has 114 valence electrons. The molecule has 0 radical (unpaired) electrons. The van der Waals surface area contributed by atoms with Crippen LogP contribution in [-0.4, -0.2) is 63.3 Å². The van der Waals surface area contributed by atoms with Gasteiger partial charge in [0.15, 0.2) is 0 Å². The van der Waals surface area contributed by atoms with Crippen molar-refractivity contribution in [2.75, 3.05) is 19.6 Å². The zero-order valence-corrected chi connectivity index (χ0v) is 12.0. The lowest BCUT2D eigenvalue weighted by atomic mass is 9.98. The molecule has 20 heavy (non-hydrogen) atoms. The first kappa shape index (κ1) is 15.1.